The Morgan fingerprint density at radius 3 is 1.62 bits per heavy atom. The van der Waals surface area contributed by atoms with Crippen molar-refractivity contribution in [2.75, 3.05) is 0 Å². The monoisotopic (exact) mass is 637 g/mol. The van der Waals surface area contributed by atoms with E-state index in [9.17, 15) is 0 Å². The third-order valence-electron chi connectivity index (χ3n) is 9.49. The lowest BCUT2D eigenvalue weighted by atomic mass is 10.0. The standard InChI is InChI=1S/C45H27N5/c1-2-9-38-34(5-1)24-37(27-47-38)41-20-17-29-11-15-33(26-43(29)49-41)32-14-10-28-16-19-39(48-42(28)25-32)35-6-3-7-36(23-35)40-21-18-31-13-12-30-8-4-22-46-44(30)45(31)50-40/h1-27H. The van der Waals surface area contributed by atoms with Crippen LogP contribution in [0.4, 0.5) is 0 Å². The van der Waals surface area contributed by atoms with E-state index in [-0.39, 0.29) is 0 Å². The van der Waals surface area contributed by atoms with Crippen LogP contribution in [0.5, 0.6) is 0 Å². The number of fused-ring (bicyclic) bond motifs is 6. The lowest BCUT2D eigenvalue weighted by Crippen LogP contribution is -1.90. The van der Waals surface area contributed by atoms with E-state index in [0.29, 0.717) is 0 Å². The summed E-state index contributed by atoms with van der Waals surface area (Å²) < 4.78 is 0. The van der Waals surface area contributed by atoms with Crippen LogP contribution >= 0.6 is 0 Å². The van der Waals surface area contributed by atoms with Crippen molar-refractivity contribution in [2.24, 2.45) is 0 Å². The molecule has 10 aromatic rings. The summed E-state index contributed by atoms with van der Waals surface area (Å²) in [5.41, 5.74) is 12.7. The molecule has 5 heterocycles. The van der Waals surface area contributed by atoms with Crippen molar-refractivity contribution in [3.05, 3.63) is 164 Å². The zero-order valence-corrected chi connectivity index (χ0v) is 26.8. The van der Waals surface area contributed by atoms with Crippen molar-refractivity contribution in [3.8, 4) is 44.9 Å². The number of hydrogen-bond acceptors (Lipinski definition) is 5. The van der Waals surface area contributed by atoms with Crippen molar-refractivity contribution < 1.29 is 0 Å². The first-order chi connectivity index (χ1) is 24.7. The summed E-state index contributed by atoms with van der Waals surface area (Å²) in [4.78, 5) is 24.5. The SMILES string of the molecule is c1cc(-c2ccc3ccc(-c4ccc5ccc(-c6cnc7ccccc7c6)nc5c4)cc3n2)cc(-c2ccc3ccc4cccnc4c3n2)c1. The van der Waals surface area contributed by atoms with Gasteiger partial charge < -0.3 is 0 Å². The molecule has 5 nitrogen and oxygen atoms in total. The number of pyridine rings is 5. The Bertz CT molecular complexity index is 2950. The molecule has 0 aliphatic rings. The summed E-state index contributed by atoms with van der Waals surface area (Å²) in [6.45, 7) is 0. The molecule has 10 rings (SSSR count). The van der Waals surface area contributed by atoms with Gasteiger partial charge in [0.1, 0.15) is 0 Å². The van der Waals surface area contributed by atoms with Gasteiger partial charge >= 0.3 is 0 Å². The van der Waals surface area contributed by atoms with Crippen LogP contribution in [0.25, 0.3) is 99.4 Å². The molecular formula is C45H27N5. The highest BCUT2D eigenvalue weighted by atomic mass is 14.8. The smallest absolute Gasteiger partial charge is 0.0972 e. The molecule has 0 saturated heterocycles. The Kier molecular flexibility index (Phi) is 6.42. The van der Waals surface area contributed by atoms with E-state index in [4.69, 9.17) is 15.0 Å². The zero-order chi connectivity index (χ0) is 33.0. The molecular weight excluding hydrogens is 611 g/mol. The Balaban J connectivity index is 0.998. The van der Waals surface area contributed by atoms with Gasteiger partial charge in [0, 0.05) is 56.0 Å². The van der Waals surface area contributed by atoms with Crippen LogP contribution in [0.3, 0.4) is 0 Å². The molecule has 0 amide bonds. The molecule has 5 heteroatoms. The molecule has 0 radical (unpaired) electrons. The molecule has 232 valence electrons. The van der Waals surface area contributed by atoms with Crippen LogP contribution in [0.15, 0.2) is 164 Å². The highest BCUT2D eigenvalue weighted by Gasteiger charge is 2.11. The second-order valence-electron chi connectivity index (χ2n) is 12.6. The Morgan fingerprint density at radius 1 is 0.300 bits per heavy atom. The number of para-hydroxylation sites is 1. The number of rotatable bonds is 4. The van der Waals surface area contributed by atoms with Gasteiger partial charge in [-0.3, -0.25) is 9.97 Å². The average molecular weight is 638 g/mol. The highest BCUT2D eigenvalue weighted by Crippen LogP contribution is 2.32. The molecule has 0 bridgehead atoms. The number of aromatic nitrogens is 5. The van der Waals surface area contributed by atoms with E-state index in [1.54, 1.807) is 0 Å². The van der Waals surface area contributed by atoms with Crippen LogP contribution in [0, 0.1) is 0 Å². The van der Waals surface area contributed by atoms with Gasteiger partial charge in [0.2, 0.25) is 0 Å². The van der Waals surface area contributed by atoms with Gasteiger partial charge in [-0.1, -0.05) is 97.1 Å². The summed E-state index contributed by atoms with van der Waals surface area (Å²) in [5.74, 6) is 0. The van der Waals surface area contributed by atoms with E-state index in [1.165, 1.54) is 0 Å². The van der Waals surface area contributed by atoms with Crippen LogP contribution in [0.1, 0.15) is 0 Å². The lowest BCUT2D eigenvalue weighted by Gasteiger charge is -2.10. The summed E-state index contributed by atoms with van der Waals surface area (Å²) in [7, 11) is 0. The Hall–Kier alpha value is -6.85. The summed E-state index contributed by atoms with van der Waals surface area (Å²) in [6, 6.07) is 52.6. The van der Waals surface area contributed by atoms with E-state index >= 15 is 0 Å². The van der Waals surface area contributed by atoms with E-state index in [1.807, 2.05) is 36.7 Å². The van der Waals surface area contributed by atoms with Gasteiger partial charge in [-0.2, -0.15) is 0 Å². The normalized spacial score (nSPS) is 11.6. The first-order valence-electron chi connectivity index (χ1n) is 16.6. The summed E-state index contributed by atoms with van der Waals surface area (Å²) in [6.07, 6.45) is 3.73. The maximum Gasteiger partial charge on any atom is 0.0972 e. The zero-order valence-electron chi connectivity index (χ0n) is 26.8. The minimum Gasteiger partial charge on any atom is -0.256 e. The number of benzene rings is 5. The Morgan fingerprint density at radius 2 is 0.880 bits per heavy atom. The fourth-order valence-corrected chi connectivity index (χ4v) is 6.85. The van der Waals surface area contributed by atoms with Crippen LogP contribution in [-0.4, -0.2) is 24.9 Å². The van der Waals surface area contributed by atoms with Crippen molar-refractivity contribution in [2.45, 2.75) is 0 Å². The van der Waals surface area contributed by atoms with Gasteiger partial charge in [0.05, 0.1) is 44.7 Å². The molecule has 0 spiro atoms. The molecule has 50 heavy (non-hydrogen) atoms. The predicted molar refractivity (Wildman–Crippen MR) is 205 cm³/mol. The topological polar surface area (TPSA) is 64.5 Å². The van der Waals surface area contributed by atoms with Crippen LogP contribution < -0.4 is 0 Å². The summed E-state index contributed by atoms with van der Waals surface area (Å²) in [5, 5.41) is 5.45. The number of hydrogen-bond donors (Lipinski definition) is 0. The molecule has 0 aliphatic carbocycles. The molecule has 5 aromatic carbocycles. The quantitative estimate of drug-likeness (QED) is 0.180. The fraction of sp³-hybridized carbons (Fsp3) is 0. The molecule has 0 saturated carbocycles. The Labute approximate surface area is 287 Å². The van der Waals surface area contributed by atoms with Crippen LogP contribution in [-0.2, 0) is 0 Å². The van der Waals surface area contributed by atoms with Gasteiger partial charge in [0.15, 0.2) is 0 Å². The van der Waals surface area contributed by atoms with E-state index in [2.05, 4.69) is 137 Å². The second kappa shape index (κ2) is 11.4. The second-order valence-corrected chi connectivity index (χ2v) is 12.6. The van der Waals surface area contributed by atoms with Crippen molar-refractivity contribution in [1.82, 2.24) is 24.9 Å². The molecule has 0 aliphatic heterocycles. The first-order valence-corrected chi connectivity index (χ1v) is 16.6. The molecule has 5 aromatic heterocycles. The fourth-order valence-electron chi connectivity index (χ4n) is 6.85. The van der Waals surface area contributed by atoms with Gasteiger partial charge in [0.25, 0.3) is 0 Å². The maximum absolute atomic E-state index is 5.15. The lowest BCUT2D eigenvalue weighted by molar-refractivity contribution is 1.35. The van der Waals surface area contributed by atoms with E-state index < -0.39 is 0 Å². The third-order valence-corrected chi connectivity index (χ3v) is 9.49. The molecule has 0 unspecified atom stereocenters. The highest BCUT2D eigenvalue weighted by molar-refractivity contribution is 6.03. The van der Waals surface area contributed by atoms with Crippen LogP contribution in [0.2, 0.25) is 0 Å². The summed E-state index contributed by atoms with van der Waals surface area (Å²) >= 11 is 0. The molecule has 0 fully saturated rings. The van der Waals surface area contributed by atoms with Crippen molar-refractivity contribution in [3.63, 3.8) is 0 Å². The molecule has 0 atom stereocenters. The van der Waals surface area contributed by atoms with Crippen molar-refractivity contribution in [1.29, 1.82) is 0 Å². The van der Waals surface area contributed by atoms with Gasteiger partial charge in [-0.25, -0.2) is 15.0 Å². The maximum atomic E-state index is 5.15. The van der Waals surface area contributed by atoms with E-state index in [0.717, 1.165) is 99.4 Å². The third kappa shape index (κ3) is 4.92. The minimum atomic E-state index is 0.906. The van der Waals surface area contributed by atoms with Gasteiger partial charge in [-0.05, 0) is 65.7 Å². The minimum absolute atomic E-state index is 0.906. The number of nitrogens with zero attached hydrogens (tertiary/aromatic N) is 5. The predicted octanol–water partition coefficient (Wildman–Crippen LogP) is 11.1. The molecule has 0 N–H and O–H groups in total. The first kappa shape index (κ1) is 28.2. The van der Waals surface area contributed by atoms with Crippen molar-refractivity contribution >= 4 is 54.5 Å². The largest absolute Gasteiger partial charge is 0.256 e. The van der Waals surface area contributed by atoms with Gasteiger partial charge in [-0.15, -0.1) is 0 Å². The average Bonchev–Trinajstić information content (AvgIpc) is 3.19.